The van der Waals surface area contributed by atoms with Gasteiger partial charge in [0, 0.05) is 11.6 Å². The topological polar surface area (TPSA) is 29.1 Å². The molecule has 2 nitrogen and oxygen atoms in total. The first-order chi connectivity index (χ1) is 7.00. The van der Waals surface area contributed by atoms with Crippen LogP contribution in [0.4, 0.5) is 0 Å². The molecule has 0 saturated heterocycles. The van der Waals surface area contributed by atoms with Crippen molar-refractivity contribution < 1.29 is 4.79 Å². The SMILES string of the molecule is Cc1ccc(C(=O)CNC(C)C)c(C)c1. The predicted octanol–water partition coefficient (Wildman–Crippen LogP) is 2.48. The minimum Gasteiger partial charge on any atom is -0.307 e. The molecule has 1 aromatic carbocycles. The number of rotatable bonds is 4. The molecule has 0 aliphatic heterocycles. The van der Waals surface area contributed by atoms with Gasteiger partial charge in [-0.05, 0) is 19.4 Å². The first-order valence-electron chi connectivity index (χ1n) is 5.34. The Hall–Kier alpha value is -1.15. The molecule has 0 radical (unpaired) electrons. The summed E-state index contributed by atoms with van der Waals surface area (Å²) < 4.78 is 0. The summed E-state index contributed by atoms with van der Waals surface area (Å²) in [5.74, 6) is 0.168. The number of nitrogens with one attached hydrogen (secondary N) is 1. The Kier molecular flexibility index (Phi) is 4.04. The van der Waals surface area contributed by atoms with Gasteiger partial charge in [-0.15, -0.1) is 0 Å². The van der Waals surface area contributed by atoms with Crippen molar-refractivity contribution in [2.45, 2.75) is 33.7 Å². The molecule has 0 spiro atoms. The maximum absolute atomic E-state index is 11.8. The predicted molar refractivity (Wildman–Crippen MR) is 63.4 cm³/mol. The third-order valence-electron chi connectivity index (χ3n) is 2.35. The molecule has 0 aliphatic rings. The van der Waals surface area contributed by atoms with Crippen LogP contribution in [0.1, 0.15) is 35.3 Å². The van der Waals surface area contributed by atoms with E-state index in [0.717, 1.165) is 11.1 Å². The fourth-order valence-electron chi connectivity index (χ4n) is 1.52. The number of carbonyl (C=O) groups excluding carboxylic acids is 1. The molecule has 0 unspecified atom stereocenters. The zero-order chi connectivity index (χ0) is 11.4. The van der Waals surface area contributed by atoms with Crippen molar-refractivity contribution in [2.24, 2.45) is 0 Å². The minimum absolute atomic E-state index is 0.168. The molecule has 0 fully saturated rings. The van der Waals surface area contributed by atoms with Gasteiger partial charge in [-0.1, -0.05) is 37.6 Å². The molecule has 0 heterocycles. The average molecular weight is 205 g/mol. The van der Waals surface area contributed by atoms with E-state index >= 15 is 0 Å². The second-order valence-electron chi connectivity index (χ2n) is 4.28. The largest absolute Gasteiger partial charge is 0.307 e. The third-order valence-corrected chi connectivity index (χ3v) is 2.35. The van der Waals surface area contributed by atoms with Gasteiger partial charge in [0.2, 0.25) is 0 Å². The molecule has 0 saturated carbocycles. The Labute approximate surface area is 91.7 Å². The number of benzene rings is 1. The molecule has 1 aromatic rings. The monoisotopic (exact) mass is 205 g/mol. The van der Waals surface area contributed by atoms with E-state index in [0.29, 0.717) is 12.6 Å². The summed E-state index contributed by atoms with van der Waals surface area (Å²) in [7, 11) is 0. The molecule has 0 atom stereocenters. The Morgan fingerprint density at radius 2 is 2.00 bits per heavy atom. The van der Waals surface area contributed by atoms with E-state index < -0.39 is 0 Å². The third kappa shape index (κ3) is 3.48. The second kappa shape index (κ2) is 5.08. The van der Waals surface area contributed by atoms with Crippen LogP contribution in [0.25, 0.3) is 0 Å². The van der Waals surface area contributed by atoms with Crippen LogP contribution < -0.4 is 5.32 Å². The normalized spacial score (nSPS) is 10.7. The van der Waals surface area contributed by atoms with Gasteiger partial charge in [-0.3, -0.25) is 4.79 Å². The van der Waals surface area contributed by atoms with Crippen LogP contribution in [0.3, 0.4) is 0 Å². The summed E-state index contributed by atoms with van der Waals surface area (Å²) >= 11 is 0. The quantitative estimate of drug-likeness (QED) is 0.765. The fourth-order valence-corrected chi connectivity index (χ4v) is 1.52. The Bertz CT molecular complexity index is 356. The van der Waals surface area contributed by atoms with Crippen LogP contribution in [0.2, 0.25) is 0 Å². The molecule has 1 N–H and O–H groups in total. The highest BCUT2D eigenvalue weighted by molar-refractivity contribution is 5.98. The van der Waals surface area contributed by atoms with Crippen LogP contribution in [-0.2, 0) is 0 Å². The van der Waals surface area contributed by atoms with Gasteiger partial charge in [0.1, 0.15) is 0 Å². The molecule has 2 heteroatoms. The van der Waals surface area contributed by atoms with Crippen LogP contribution in [0, 0.1) is 13.8 Å². The maximum atomic E-state index is 11.8. The summed E-state index contributed by atoms with van der Waals surface area (Å²) in [5.41, 5.74) is 3.08. The van der Waals surface area contributed by atoms with E-state index in [1.165, 1.54) is 5.56 Å². The number of aryl methyl sites for hydroxylation is 2. The fraction of sp³-hybridized carbons (Fsp3) is 0.462. The van der Waals surface area contributed by atoms with E-state index in [2.05, 4.69) is 5.32 Å². The number of hydrogen-bond acceptors (Lipinski definition) is 2. The maximum Gasteiger partial charge on any atom is 0.176 e. The van der Waals surface area contributed by atoms with E-state index in [4.69, 9.17) is 0 Å². The van der Waals surface area contributed by atoms with Crippen molar-refractivity contribution in [3.8, 4) is 0 Å². The van der Waals surface area contributed by atoms with Gasteiger partial charge in [0.25, 0.3) is 0 Å². The van der Waals surface area contributed by atoms with Crippen LogP contribution in [-0.4, -0.2) is 18.4 Å². The lowest BCUT2D eigenvalue weighted by atomic mass is 10.0. The highest BCUT2D eigenvalue weighted by Crippen LogP contribution is 2.10. The molecule has 0 amide bonds. The standard InChI is InChI=1S/C13H19NO/c1-9(2)14-8-13(15)12-6-5-10(3)7-11(12)4/h5-7,9,14H,8H2,1-4H3. The second-order valence-corrected chi connectivity index (χ2v) is 4.28. The lowest BCUT2D eigenvalue weighted by molar-refractivity contribution is 0.0988. The van der Waals surface area contributed by atoms with E-state index in [-0.39, 0.29) is 5.78 Å². The molecule has 82 valence electrons. The van der Waals surface area contributed by atoms with Crippen molar-refractivity contribution in [3.05, 3.63) is 34.9 Å². The van der Waals surface area contributed by atoms with Crippen molar-refractivity contribution >= 4 is 5.78 Å². The molecule has 15 heavy (non-hydrogen) atoms. The van der Waals surface area contributed by atoms with Gasteiger partial charge in [0.15, 0.2) is 5.78 Å². The van der Waals surface area contributed by atoms with Crippen molar-refractivity contribution in [3.63, 3.8) is 0 Å². The highest BCUT2D eigenvalue weighted by atomic mass is 16.1. The summed E-state index contributed by atoms with van der Waals surface area (Å²) in [6.45, 7) is 8.51. The number of ketones is 1. The zero-order valence-electron chi connectivity index (χ0n) is 9.92. The van der Waals surface area contributed by atoms with Gasteiger partial charge < -0.3 is 5.32 Å². The number of Topliss-reactive ketones (excluding diaryl/α,β-unsaturated/α-hetero) is 1. The smallest absolute Gasteiger partial charge is 0.176 e. The van der Waals surface area contributed by atoms with Crippen molar-refractivity contribution in [2.75, 3.05) is 6.54 Å². The first-order valence-corrected chi connectivity index (χ1v) is 5.34. The molecule has 0 aromatic heterocycles. The van der Waals surface area contributed by atoms with Crippen LogP contribution in [0.15, 0.2) is 18.2 Å². The van der Waals surface area contributed by atoms with Crippen molar-refractivity contribution in [1.82, 2.24) is 5.32 Å². The van der Waals surface area contributed by atoms with Crippen LogP contribution in [0.5, 0.6) is 0 Å². The molecule has 0 aliphatic carbocycles. The zero-order valence-corrected chi connectivity index (χ0v) is 9.92. The van der Waals surface area contributed by atoms with Crippen molar-refractivity contribution in [1.29, 1.82) is 0 Å². The van der Waals surface area contributed by atoms with Gasteiger partial charge in [0.05, 0.1) is 6.54 Å². The molecule has 1 rings (SSSR count). The number of carbonyl (C=O) groups is 1. The molecular weight excluding hydrogens is 186 g/mol. The number of hydrogen-bond donors (Lipinski definition) is 1. The lowest BCUT2D eigenvalue weighted by Crippen LogP contribution is -2.29. The Morgan fingerprint density at radius 3 is 2.53 bits per heavy atom. The Balaban J connectivity index is 2.74. The molecule has 0 bridgehead atoms. The van der Waals surface area contributed by atoms with Crippen LogP contribution >= 0.6 is 0 Å². The first kappa shape index (κ1) is 11.9. The molecular formula is C13H19NO. The highest BCUT2D eigenvalue weighted by Gasteiger charge is 2.08. The Morgan fingerprint density at radius 1 is 1.33 bits per heavy atom. The summed E-state index contributed by atoms with van der Waals surface area (Å²) in [6, 6.07) is 6.28. The average Bonchev–Trinajstić information content (AvgIpc) is 2.14. The summed E-state index contributed by atoms with van der Waals surface area (Å²) in [4.78, 5) is 11.8. The summed E-state index contributed by atoms with van der Waals surface area (Å²) in [6.07, 6.45) is 0. The van der Waals surface area contributed by atoms with E-state index in [9.17, 15) is 4.79 Å². The van der Waals surface area contributed by atoms with Gasteiger partial charge >= 0.3 is 0 Å². The van der Waals surface area contributed by atoms with E-state index in [1.807, 2.05) is 45.9 Å². The minimum atomic E-state index is 0.168. The lowest BCUT2D eigenvalue weighted by Gasteiger charge is -2.09. The van der Waals surface area contributed by atoms with Gasteiger partial charge in [-0.25, -0.2) is 0 Å². The summed E-state index contributed by atoms with van der Waals surface area (Å²) in [5, 5.41) is 3.14. The van der Waals surface area contributed by atoms with Gasteiger partial charge in [-0.2, -0.15) is 0 Å². The van der Waals surface area contributed by atoms with E-state index in [1.54, 1.807) is 0 Å².